The molecule has 2 rings (SSSR count). The first kappa shape index (κ1) is 13.5. The van der Waals surface area contributed by atoms with Crippen LogP contribution in [0.3, 0.4) is 0 Å². The maximum Gasteiger partial charge on any atom is 0.270 e. The van der Waals surface area contributed by atoms with Crippen LogP contribution in [0.15, 0.2) is 10.9 Å². The Morgan fingerprint density at radius 2 is 2.11 bits per heavy atom. The van der Waals surface area contributed by atoms with E-state index in [1.54, 1.807) is 10.9 Å². The van der Waals surface area contributed by atoms with Gasteiger partial charge in [-0.1, -0.05) is 13.8 Å². The molecule has 2 N–H and O–H groups in total. The molecule has 0 bridgehead atoms. The molecule has 0 saturated heterocycles. The fraction of sp³-hybridized carbons (Fsp3) is 0.692. The topological polar surface area (TPSA) is 62.2 Å². The van der Waals surface area contributed by atoms with E-state index in [1.807, 2.05) is 0 Å². The van der Waals surface area contributed by atoms with Crippen molar-refractivity contribution in [3.63, 3.8) is 0 Å². The molecular weight excluding hydrogens is 248 g/mol. The van der Waals surface area contributed by atoms with Gasteiger partial charge in [0.1, 0.15) is 5.69 Å². The zero-order valence-corrected chi connectivity index (χ0v) is 11.7. The fourth-order valence-corrected chi connectivity index (χ4v) is 2.76. The van der Waals surface area contributed by atoms with Gasteiger partial charge in [0.2, 0.25) is 0 Å². The van der Waals surface area contributed by atoms with Crippen LogP contribution in [0.25, 0.3) is 0 Å². The van der Waals surface area contributed by atoms with Crippen molar-refractivity contribution in [3.05, 3.63) is 16.6 Å². The summed E-state index contributed by atoms with van der Waals surface area (Å²) < 4.78 is 0. The molecule has 1 fully saturated rings. The summed E-state index contributed by atoms with van der Waals surface area (Å²) in [5.41, 5.74) is 1.62. The maximum absolute atomic E-state index is 11.7. The van der Waals surface area contributed by atoms with Gasteiger partial charge in [-0.25, -0.2) is 4.98 Å². The molecule has 18 heavy (non-hydrogen) atoms. The molecule has 1 aliphatic carbocycles. The Kier molecular flexibility index (Phi) is 3.73. The highest BCUT2D eigenvalue weighted by Crippen LogP contribution is 2.39. The summed E-state index contributed by atoms with van der Waals surface area (Å²) in [5, 5.41) is 14.9. The van der Waals surface area contributed by atoms with Gasteiger partial charge in [0.05, 0.1) is 11.1 Å². The highest BCUT2D eigenvalue weighted by Gasteiger charge is 2.36. The van der Waals surface area contributed by atoms with Gasteiger partial charge in [-0.2, -0.15) is 0 Å². The molecule has 4 nitrogen and oxygen atoms in total. The predicted octanol–water partition coefficient (Wildman–Crippen LogP) is 2.20. The van der Waals surface area contributed by atoms with E-state index < -0.39 is 5.60 Å². The second-order valence-corrected chi connectivity index (χ2v) is 6.66. The Balaban J connectivity index is 1.85. The van der Waals surface area contributed by atoms with E-state index >= 15 is 0 Å². The molecule has 1 aliphatic rings. The van der Waals surface area contributed by atoms with Crippen LogP contribution in [0.1, 0.15) is 50.0 Å². The average Bonchev–Trinajstić information content (AvgIpc) is 2.85. The molecule has 1 heterocycles. The number of hydrogen-bond donors (Lipinski definition) is 2. The van der Waals surface area contributed by atoms with E-state index in [2.05, 4.69) is 24.1 Å². The second kappa shape index (κ2) is 4.97. The van der Waals surface area contributed by atoms with E-state index in [9.17, 15) is 9.90 Å². The molecule has 0 spiro atoms. The normalized spacial score (nSPS) is 21.5. The Morgan fingerprint density at radius 3 is 2.67 bits per heavy atom. The number of aliphatic hydroxyl groups is 1. The van der Waals surface area contributed by atoms with Crippen molar-refractivity contribution < 1.29 is 9.90 Å². The van der Waals surface area contributed by atoms with Crippen LogP contribution < -0.4 is 5.32 Å². The monoisotopic (exact) mass is 268 g/mol. The van der Waals surface area contributed by atoms with E-state index in [4.69, 9.17) is 0 Å². The average molecular weight is 268 g/mol. The lowest BCUT2D eigenvalue weighted by molar-refractivity contribution is -0.0233. The minimum atomic E-state index is -0.749. The highest BCUT2D eigenvalue weighted by molar-refractivity contribution is 7.07. The van der Waals surface area contributed by atoms with E-state index in [0.717, 1.165) is 25.7 Å². The van der Waals surface area contributed by atoms with Crippen molar-refractivity contribution in [2.45, 2.75) is 45.1 Å². The molecule has 1 aromatic rings. The molecule has 0 aromatic carbocycles. The number of nitrogens with one attached hydrogen (secondary N) is 1. The third kappa shape index (κ3) is 3.29. The predicted molar refractivity (Wildman–Crippen MR) is 71.6 cm³/mol. The van der Waals surface area contributed by atoms with Crippen molar-refractivity contribution in [2.24, 2.45) is 5.41 Å². The highest BCUT2D eigenvalue weighted by atomic mass is 32.1. The number of rotatable bonds is 3. The quantitative estimate of drug-likeness (QED) is 0.883. The lowest BCUT2D eigenvalue weighted by Crippen LogP contribution is -2.46. The van der Waals surface area contributed by atoms with Crippen molar-refractivity contribution >= 4 is 17.2 Å². The maximum atomic E-state index is 11.7. The van der Waals surface area contributed by atoms with Gasteiger partial charge in [0.15, 0.2) is 0 Å². The first-order chi connectivity index (χ1) is 8.40. The summed E-state index contributed by atoms with van der Waals surface area (Å²) in [6, 6.07) is 0. The van der Waals surface area contributed by atoms with Crippen LogP contribution in [0.5, 0.6) is 0 Å². The number of carbonyl (C=O) groups is 1. The van der Waals surface area contributed by atoms with Crippen LogP contribution in [0.4, 0.5) is 0 Å². The van der Waals surface area contributed by atoms with E-state index in [1.165, 1.54) is 11.3 Å². The van der Waals surface area contributed by atoms with Gasteiger partial charge >= 0.3 is 0 Å². The number of hydrogen-bond acceptors (Lipinski definition) is 4. The van der Waals surface area contributed by atoms with Gasteiger partial charge in [0, 0.05) is 11.9 Å². The zero-order chi connectivity index (χ0) is 13.2. The van der Waals surface area contributed by atoms with Crippen LogP contribution in [0.2, 0.25) is 0 Å². The van der Waals surface area contributed by atoms with Crippen LogP contribution >= 0.6 is 11.3 Å². The summed E-state index contributed by atoms with van der Waals surface area (Å²) >= 11 is 1.39. The minimum absolute atomic E-state index is 0.200. The summed E-state index contributed by atoms with van der Waals surface area (Å²) in [6.45, 7) is 4.76. The van der Waals surface area contributed by atoms with Gasteiger partial charge in [-0.05, 0) is 31.1 Å². The Hall–Kier alpha value is -0.940. The molecule has 0 atom stereocenters. The van der Waals surface area contributed by atoms with Gasteiger partial charge < -0.3 is 10.4 Å². The molecule has 0 aliphatic heterocycles. The number of nitrogens with zero attached hydrogens (tertiary/aromatic N) is 1. The van der Waals surface area contributed by atoms with Crippen molar-refractivity contribution in [2.75, 3.05) is 6.54 Å². The number of amides is 1. The summed E-state index contributed by atoms with van der Waals surface area (Å²) in [6.07, 6.45) is 3.49. The first-order valence-corrected chi connectivity index (χ1v) is 7.23. The molecular formula is C13H20N2O2S. The molecule has 1 saturated carbocycles. The Labute approximate surface area is 111 Å². The number of thiazole rings is 1. The standard InChI is InChI=1S/C13H20N2O2S/c1-12(2)3-5-13(17,6-4-12)8-14-11(16)10-7-18-9-15-10/h7,9,17H,3-6,8H2,1-2H3,(H,14,16). The first-order valence-electron chi connectivity index (χ1n) is 6.29. The van der Waals surface area contributed by atoms with Crippen molar-refractivity contribution in [1.29, 1.82) is 0 Å². The molecule has 5 heteroatoms. The molecule has 100 valence electrons. The SMILES string of the molecule is CC1(C)CCC(O)(CNC(=O)c2cscn2)CC1. The summed E-state index contributed by atoms with van der Waals surface area (Å²) in [5.74, 6) is -0.200. The van der Waals surface area contributed by atoms with Gasteiger partial charge in [-0.3, -0.25) is 4.79 Å². The van der Waals surface area contributed by atoms with Crippen LogP contribution in [0, 0.1) is 5.41 Å². The summed E-state index contributed by atoms with van der Waals surface area (Å²) in [7, 11) is 0. The second-order valence-electron chi connectivity index (χ2n) is 5.94. The lowest BCUT2D eigenvalue weighted by atomic mass is 9.71. The van der Waals surface area contributed by atoms with Gasteiger partial charge in [-0.15, -0.1) is 11.3 Å². The van der Waals surface area contributed by atoms with Crippen molar-refractivity contribution in [3.8, 4) is 0 Å². The van der Waals surface area contributed by atoms with Crippen molar-refractivity contribution in [1.82, 2.24) is 10.3 Å². The Bertz CT molecular complexity index is 405. The molecule has 0 unspecified atom stereocenters. The number of carbonyl (C=O) groups excluding carboxylic acids is 1. The lowest BCUT2D eigenvalue weighted by Gasteiger charge is -2.40. The molecule has 1 amide bonds. The zero-order valence-electron chi connectivity index (χ0n) is 10.9. The minimum Gasteiger partial charge on any atom is -0.388 e. The summed E-state index contributed by atoms with van der Waals surface area (Å²) in [4.78, 5) is 15.7. The smallest absolute Gasteiger partial charge is 0.270 e. The third-order valence-corrected chi connectivity index (χ3v) is 4.36. The van der Waals surface area contributed by atoms with E-state index in [0.29, 0.717) is 17.7 Å². The van der Waals surface area contributed by atoms with Crippen LogP contribution in [-0.2, 0) is 0 Å². The fourth-order valence-electron chi connectivity index (χ4n) is 2.23. The molecule has 1 aromatic heterocycles. The van der Waals surface area contributed by atoms with Gasteiger partial charge in [0.25, 0.3) is 5.91 Å². The Morgan fingerprint density at radius 1 is 1.44 bits per heavy atom. The molecule has 0 radical (unpaired) electrons. The van der Waals surface area contributed by atoms with E-state index in [-0.39, 0.29) is 5.91 Å². The van der Waals surface area contributed by atoms with Crippen LogP contribution in [-0.4, -0.2) is 28.1 Å². The number of aromatic nitrogens is 1. The largest absolute Gasteiger partial charge is 0.388 e. The third-order valence-electron chi connectivity index (χ3n) is 3.78.